The molecule has 0 unspecified atom stereocenters. The zero-order valence-electron chi connectivity index (χ0n) is 11.9. The Kier molecular flexibility index (Phi) is 4.65. The van der Waals surface area contributed by atoms with Gasteiger partial charge in [0.15, 0.2) is 0 Å². The van der Waals surface area contributed by atoms with Crippen molar-refractivity contribution in [3.05, 3.63) is 22.7 Å². The molecule has 0 saturated heterocycles. The number of amides is 1. The van der Waals surface area contributed by atoms with Crippen LogP contribution in [0.2, 0.25) is 0 Å². The van der Waals surface area contributed by atoms with E-state index in [2.05, 4.69) is 15.5 Å². The summed E-state index contributed by atoms with van der Waals surface area (Å²) in [6.45, 7) is 0.808. The molecule has 1 aliphatic carbocycles. The maximum Gasteiger partial charge on any atom is 0.248 e. The lowest BCUT2D eigenvalue weighted by atomic mass is 10.1. The lowest BCUT2D eigenvalue weighted by Crippen LogP contribution is -2.28. The first-order valence-corrected chi connectivity index (χ1v) is 8.37. The number of rotatable bonds is 6. The Balaban J connectivity index is 1.43. The summed E-state index contributed by atoms with van der Waals surface area (Å²) in [4.78, 5) is 11.8. The first-order chi connectivity index (χ1) is 10.3. The molecule has 5 nitrogen and oxygen atoms in total. The Morgan fingerprint density at radius 2 is 2.24 bits per heavy atom. The molecule has 1 N–H and O–H groups in total. The van der Waals surface area contributed by atoms with Gasteiger partial charge in [-0.3, -0.25) is 4.79 Å². The molecule has 6 heteroatoms. The van der Waals surface area contributed by atoms with Crippen LogP contribution >= 0.6 is 11.3 Å². The molecule has 2 aromatic rings. The van der Waals surface area contributed by atoms with Crippen molar-refractivity contribution in [1.82, 2.24) is 15.5 Å². The standard InChI is InChI=1S/C15H19N3O2S/c19-13(16-9-11-3-1-2-4-11)5-6-14-17-18-15(20-14)12-7-8-21-10-12/h7-8,10-11H,1-6,9H2,(H,16,19). The summed E-state index contributed by atoms with van der Waals surface area (Å²) in [6, 6.07) is 1.94. The summed E-state index contributed by atoms with van der Waals surface area (Å²) in [5.41, 5.74) is 0.935. The van der Waals surface area contributed by atoms with Crippen molar-refractivity contribution in [2.75, 3.05) is 6.54 Å². The van der Waals surface area contributed by atoms with E-state index in [1.54, 1.807) is 11.3 Å². The first-order valence-electron chi connectivity index (χ1n) is 7.43. The molecule has 0 radical (unpaired) electrons. The molecule has 21 heavy (non-hydrogen) atoms. The van der Waals surface area contributed by atoms with E-state index in [-0.39, 0.29) is 5.91 Å². The molecular weight excluding hydrogens is 286 g/mol. The van der Waals surface area contributed by atoms with Crippen LogP contribution in [0.25, 0.3) is 11.5 Å². The van der Waals surface area contributed by atoms with Crippen LogP contribution in [0.3, 0.4) is 0 Å². The number of nitrogens with zero attached hydrogens (tertiary/aromatic N) is 2. The van der Waals surface area contributed by atoms with Crippen LogP contribution in [0, 0.1) is 5.92 Å². The fraction of sp³-hybridized carbons (Fsp3) is 0.533. The smallest absolute Gasteiger partial charge is 0.248 e. The van der Waals surface area contributed by atoms with E-state index in [0.29, 0.717) is 30.5 Å². The van der Waals surface area contributed by atoms with E-state index < -0.39 is 0 Å². The number of aryl methyl sites for hydroxylation is 1. The van der Waals surface area contributed by atoms with Crippen LogP contribution in [0.4, 0.5) is 0 Å². The topological polar surface area (TPSA) is 68.0 Å². The van der Waals surface area contributed by atoms with Gasteiger partial charge in [0.05, 0.1) is 0 Å². The molecule has 0 aromatic carbocycles. The van der Waals surface area contributed by atoms with Crippen molar-refractivity contribution in [3.8, 4) is 11.5 Å². The number of hydrogen-bond donors (Lipinski definition) is 1. The Labute approximate surface area is 127 Å². The van der Waals surface area contributed by atoms with Crippen molar-refractivity contribution in [2.24, 2.45) is 5.92 Å². The van der Waals surface area contributed by atoms with E-state index in [1.165, 1.54) is 25.7 Å². The largest absolute Gasteiger partial charge is 0.421 e. The molecular formula is C15H19N3O2S. The SMILES string of the molecule is O=C(CCc1nnc(-c2ccsc2)o1)NCC1CCCC1. The highest BCUT2D eigenvalue weighted by Gasteiger charge is 2.16. The van der Waals surface area contributed by atoms with Gasteiger partial charge < -0.3 is 9.73 Å². The average molecular weight is 305 g/mol. The van der Waals surface area contributed by atoms with Crippen LogP contribution in [-0.2, 0) is 11.2 Å². The first kappa shape index (κ1) is 14.3. The van der Waals surface area contributed by atoms with Gasteiger partial charge in [-0.1, -0.05) is 12.8 Å². The van der Waals surface area contributed by atoms with Gasteiger partial charge in [0.2, 0.25) is 17.7 Å². The predicted molar refractivity (Wildman–Crippen MR) is 80.9 cm³/mol. The summed E-state index contributed by atoms with van der Waals surface area (Å²) >= 11 is 1.59. The Hall–Kier alpha value is -1.69. The van der Waals surface area contributed by atoms with E-state index in [9.17, 15) is 4.79 Å². The third-order valence-electron chi connectivity index (χ3n) is 3.86. The van der Waals surface area contributed by atoms with E-state index in [1.807, 2.05) is 16.8 Å². The van der Waals surface area contributed by atoms with Crippen molar-refractivity contribution in [1.29, 1.82) is 0 Å². The predicted octanol–water partition coefficient (Wildman–Crippen LogP) is 3.04. The fourth-order valence-electron chi connectivity index (χ4n) is 2.64. The monoisotopic (exact) mass is 305 g/mol. The van der Waals surface area contributed by atoms with E-state index >= 15 is 0 Å². The molecule has 1 fully saturated rings. The van der Waals surface area contributed by atoms with Gasteiger partial charge in [0.1, 0.15) is 0 Å². The highest BCUT2D eigenvalue weighted by atomic mass is 32.1. The lowest BCUT2D eigenvalue weighted by Gasteiger charge is -2.09. The molecule has 2 aromatic heterocycles. The van der Waals surface area contributed by atoms with Crippen molar-refractivity contribution in [2.45, 2.75) is 38.5 Å². The molecule has 2 heterocycles. The van der Waals surface area contributed by atoms with Crippen molar-refractivity contribution in [3.63, 3.8) is 0 Å². The van der Waals surface area contributed by atoms with Crippen LogP contribution in [0.5, 0.6) is 0 Å². The summed E-state index contributed by atoms with van der Waals surface area (Å²) in [6.07, 6.45) is 5.98. The second kappa shape index (κ2) is 6.85. The molecule has 112 valence electrons. The lowest BCUT2D eigenvalue weighted by molar-refractivity contribution is -0.121. The Morgan fingerprint density at radius 3 is 3.00 bits per heavy atom. The van der Waals surface area contributed by atoms with Crippen LogP contribution in [0.1, 0.15) is 38.0 Å². The van der Waals surface area contributed by atoms with Gasteiger partial charge >= 0.3 is 0 Å². The van der Waals surface area contributed by atoms with Crippen LogP contribution < -0.4 is 5.32 Å². The maximum atomic E-state index is 11.8. The average Bonchev–Trinajstić information content (AvgIpc) is 3.24. The molecule has 1 aliphatic rings. The fourth-order valence-corrected chi connectivity index (χ4v) is 3.27. The Morgan fingerprint density at radius 1 is 1.38 bits per heavy atom. The summed E-state index contributed by atoms with van der Waals surface area (Å²) < 4.78 is 5.56. The van der Waals surface area contributed by atoms with Gasteiger partial charge in [-0.25, -0.2) is 0 Å². The minimum atomic E-state index is 0.0668. The number of thiophene rings is 1. The van der Waals surface area contributed by atoms with Gasteiger partial charge in [-0.15, -0.1) is 10.2 Å². The number of carbonyl (C=O) groups is 1. The van der Waals surface area contributed by atoms with Gasteiger partial charge in [0, 0.05) is 30.3 Å². The number of hydrogen-bond acceptors (Lipinski definition) is 5. The summed E-state index contributed by atoms with van der Waals surface area (Å²) in [5.74, 6) is 1.78. The minimum Gasteiger partial charge on any atom is -0.421 e. The third-order valence-corrected chi connectivity index (χ3v) is 4.55. The number of carbonyl (C=O) groups excluding carboxylic acids is 1. The highest BCUT2D eigenvalue weighted by molar-refractivity contribution is 7.08. The van der Waals surface area contributed by atoms with Crippen LogP contribution in [0.15, 0.2) is 21.2 Å². The van der Waals surface area contributed by atoms with Crippen LogP contribution in [-0.4, -0.2) is 22.6 Å². The second-order valence-electron chi connectivity index (χ2n) is 5.47. The van der Waals surface area contributed by atoms with Crippen molar-refractivity contribution < 1.29 is 9.21 Å². The molecule has 1 saturated carbocycles. The third kappa shape index (κ3) is 3.91. The zero-order chi connectivity index (χ0) is 14.5. The maximum absolute atomic E-state index is 11.8. The van der Waals surface area contributed by atoms with E-state index in [0.717, 1.165) is 12.1 Å². The second-order valence-corrected chi connectivity index (χ2v) is 6.25. The molecule has 0 spiro atoms. The molecule has 3 rings (SSSR count). The van der Waals surface area contributed by atoms with Crippen molar-refractivity contribution >= 4 is 17.2 Å². The molecule has 1 amide bonds. The van der Waals surface area contributed by atoms with Gasteiger partial charge in [0.25, 0.3) is 0 Å². The molecule has 0 aliphatic heterocycles. The summed E-state index contributed by atoms with van der Waals surface area (Å²) in [5, 5.41) is 14.9. The Bertz CT molecular complexity index is 574. The number of aromatic nitrogens is 2. The zero-order valence-corrected chi connectivity index (χ0v) is 12.7. The molecule has 0 atom stereocenters. The highest BCUT2D eigenvalue weighted by Crippen LogP contribution is 2.24. The molecule has 0 bridgehead atoms. The number of nitrogens with one attached hydrogen (secondary N) is 1. The summed E-state index contributed by atoms with van der Waals surface area (Å²) in [7, 11) is 0. The van der Waals surface area contributed by atoms with E-state index in [4.69, 9.17) is 4.42 Å². The quantitative estimate of drug-likeness (QED) is 0.890. The van der Waals surface area contributed by atoms with Gasteiger partial charge in [-0.05, 0) is 30.2 Å². The minimum absolute atomic E-state index is 0.0668. The van der Waals surface area contributed by atoms with Gasteiger partial charge in [-0.2, -0.15) is 11.3 Å². The normalized spacial score (nSPS) is 15.4.